The zero-order valence-electron chi connectivity index (χ0n) is 16.4. The molecule has 138 valence electrons. The first-order valence-electron chi connectivity index (χ1n) is 9.13. The van der Waals surface area contributed by atoms with E-state index in [1.165, 1.54) is 5.56 Å². The van der Waals surface area contributed by atoms with Crippen LogP contribution < -0.4 is 10.2 Å². The molecule has 0 aliphatic carbocycles. The van der Waals surface area contributed by atoms with Crippen molar-refractivity contribution in [1.29, 1.82) is 0 Å². The molecule has 0 saturated carbocycles. The fraction of sp³-hybridized carbons (Fsp3) is 0.348. The number of anilines is 1. The van der Waals surface area contributed by atoms with Crippen LogP contribution in [0.25, 0.3) is 6.08 Å². The average Bonchev–Trinajstić information content (AvgIpc) is 2.65. The number of hydrogen-bond acceptors (Lipinski definition) is 2. The summed E-state index contributed by atoms with van der Waals surface area (Å²) < 4.78 is 0. The first kappa shape index (κ1) is 19.9. The van der Waals surface area contributed by atoms with E-state index >= 15 is 0 Å². The zero-order valence-corrected chi connectivity index (χ0v) is 16.4. The molecule has 2 aromatic carbocycles. The Morgan fingerprint density at radius 1 is 1.15 bits per heavy atom. The summed E-state index contributed by atoms with van der Waals surface area (Å²) >= 11 is 0. The summed E-state index contributed by atoms with van der Waals surface area (Å²) in [5.41, 5.74) is 4.17. The lowest BCUT2D eigenvalue weighted by Gasteiger charge is -2.28. The number of para-hydroxylation sites is 1. The van der Waals surface area contributed by atoms with Crippen molar-refractivity contribution in [3.05, 3.63) is 71.8 Å². The Kier molecular flexibility index (Phi) is 6.76. The fourth-order valence-electron chi connectivity index (χ4n) is 2.85. The maximum absolute atomic E-state index is 13.2. The lowest BCUT2D eigenvalue weighted by Crippen LogP contribution is -2.39. The van der Waals surface area contributed by atoms with Gasteiger partial charge in [0.05, 0.1) is 12.2 Å². The first-order valence-corrected chi connectivity index (χ1v) is 9.13. The van der Waals surface area contributed by atoms with Gasteiger partial charge in [-0.15, -0.1) is 0 Å². The molecular weight excluding hydrogens is 320 g/mol. The molecule has 0 fully saturated rings. The molecular formula is C23H30N2O. The topological polar surface area (TPSA) is 32.3 Å². The Labute approximate surface area is 157 Å². The van der Waals surface area contributed by atoms with Crippen molar-refractivity contribution in [1.82, 2.24) is 5.32 Å². The third-order valence-corrected chi connectivity index (χ3v) is 4.98. The Morgan fingerprint density at radius 3 is 2.46 bits per heavy atom. The van der Waals surface area contributed by atoms with Gasteiger partial charge in [-0.2, -0.15) is 0 Å². The van der Waals surface area contributed by atoms with Gasteiger partial charge in [0.25, 0.3) is 0 Å². The van der Waals surface area contributed by atoms with Gasteiger partial charge in [-0.1, -0.05) is 55.1 Å². The Balaban J connectivity index is 2.34. The predicted octanol–water partition coefficient (Wildman–Crippen LogP) is 4.95. The van der Waals surface area contributed by atoms with Crippen molar-refractivity contribution in [2.75, 3.05) is 11.9 Å². The molecule has 1 amide bonds. The second kappa shape index (κ2) is 8.81. The number of carbonyl (C=O) groups is 1. The maximum atomic E-state index is 13.2. The molecule has 0 saturated heterocycles. The monoisotopic (exact) mass is 350 g/mol. The van der Waals surface area contributed by atoms with E-state index in [0.717, 1.165) is 23.2 Å². The molecule has 0 aromatic heterocycles. The van der Waals surface area contributed by atoms with Gasteiger partial charge in [-0.3, -0.25) is 4.79 Å². The van der Waals surface area contributed by atoms with E-state index in [1.807, 2.05) is 54.4 Å². The standard InChI is InChI=1S/C23H30N2O/c1-6-19-12-9-10-14-21(19)25(17-20-13-8-7-11-18(20)2)22(26)15-16-23(3,4)24-5/h6-14,24H,1,15-17H2,2-5H3. The van der Waals surface area contributed by atoms with Gasteiger partial charge >= 0.3 is 0 Å². The smallest absolute Gasteiger partial charge is 0.227 e. The zero-order chi connectivity index (χ0) is 19.2. The largest absolute Gasteiger partial charge is 0.315 e. The van der Waals surface area contributed by atoms with Crippen molar-refractivity contribution < 1.29 is 4.79 Å². The Bertz CT molecular complexity index is 764. The van der Waals surface area contributed by atoms with Crippen LogP contribution in [0.1, 0.15) is 43.4 Å². The van der Waals surface area contributed by atoms with Crippen LogP contribution in [0, 0.1) is 6.92 Å². The molecule has 3 heteroatoms. The molecule has 0 atom stereocenters. The van der Waals surface area contributed by atoms with E-state index < -0.39 is 0 Å². The molecule has 0 heterocycles. The molecule has 3 nitrogen and oxygen atoms in total. The number of nitrogens with zero attached hydrogens (tertiary/aromatic N) is 1. The summed E-state index contributed by atoms with van der Waals surface area (Å²) in [7, 11) is 1.93. The van der Waals surface area contributed by atoms with Crippen molar-refractivity contribution in [2.24, 2.45) is 0 Å². The Morgan fingerprint density at radius 2 is 1.81 bits per heavy atom. The summed E-state index contributed by atoms with van der Waals surface area (Å²) in [4.78, 5) is 15.0. The molecule has 1 N–H and O–H groups in total. The van der Waals surface area contributed by atoms with Crippen LogP contribution in [0.2, 0.25) is 0 Å². The minimum atomic E-state index is -0.0675. The van der Waals surface area contributed by atoms with Crippen molar-refractivity contribution in [3.8, 4) is 0 Å². The summed E-state index contributed by atoms with van der Waals surface area (Å²) in [5, 5.41) is 3.27. The van der Waals surface area contributed by atoms with E-state index in [0.29, 0.717) is 13.0 Å². The van der Waals surface area contributed by atoms with Gasteiger partial charge in [0.15, 0.2) is 0 Å². The van der Waals surface area contributed by atoms with Crippen LogP contribution >= 0.6 is 0 Å². The highest BCUT2D eigenvalue weighted by Gasteiger charge is 2.22. The number of amides is 1. The maximum Gasteiger partial charge on any atom is 0.227 e. The van der Waals surface area contributed by atoms with Crippen LogP contribution in [0.15, 0.2) is 55.1 Å². The van der Waals surface area contributed by atoms with Crippen molar-refractivity contribution >= 4 is 17.7 Å². The molecule has 2 aromatic rings. The van der Waals surface area contributed by atoms with Gasteiger partial charge in [-0.05, 0) is 57.0 Å². The summed E-state index contributed by atoms with van der Waals surface area (Å²) in [6.07, 6.45) is 3.08. The molecule has 0 unspecified atom stereocenters. The van der Waals surface area contributed by atoms with E-state index in [9.17, 15) is 4.79 Å². The summed E-state index contributed by atoms with van der Waals surface area (Å²) in [5.74, 6) is 0.130. The molecule has 0 aliphatic heterocycles. The van der Waals surface area contributed by atoms with Crippen LogP contribution in [0.5, 0.6) is 0 Å². The SMILES string of the molecule is C=Cc1ccccc1N(Cc1ccccc1C)C(=O)CCC(C)(C)NC. The van der Waals surface area contributed by atoms with Crippen molar-refractivity contribution in [2.45, 2.75) is 45.7 Å². The van der Waals surface area contributed by atoms with E-state index in [-0.39, 0.29) is 11.4 Å². The fourth-order valence-corrected chi connectivity index (χ4v) is 2.85. The third-order valence-electron chi connectivity index (χ3n) is 4.98. The lowest BCUT2D eigenvalue weighted by molar-refractivity contribution is -0.119. The first-order chi connectivity index (χ1) is 12.4. The van der Waals surface area contributed by atoms with Gasteiger partial charge in [0.1, 0.15) is 0 Å². The average molecular weight is 351 g/mol. The quantitative estimate of drug-likeness (QED) is 0.730. The number of nitrogens with one attached hydrogen (secondary N) is 1. The number of benzene rings is 2. The second-order valence-corrected chi connectivity index (χ2v) is 7.30. The van der Waals surface area contributed by atoms with Gasteiger partial charge in [-0.25, -0.2) is 0 Å². The van der Waals surface area contributed by atoms with Crippen LogP contribution in [-0.4, -0.2) is 18.5 Å². The van der Waals surface area contributed by atoms with Crippen LogP contribution in [0.4, 0.5) is 5.69 Å². The highest BCUT2D eigenvalue weighted by Crippen LogP contribution is 2.26. The number of aryl methyl sites for hydroxylation is 1. The van der Waals surface area contributed by atoms with Gasteiger partial charge < -0.3 is 10.2 Å². The predicted molar refractivity (Wildman–Crippen MR) is 111 cm³/mol. The van der Waals surface area contributed by atoms with E-state index in [2.05, 4.69) is 44.8 Å². The van der Waals surface area contributed by atoms with Gasteiger partial charge in [0, 0.05) is 12.0 Å². The normalized spacial score (nSPS) is 11.2. The molecule has 0 spiro atoms. The third kappa shape index (κ3) is 5.06. The minimum absolute atomic E-state index is 0.0675. The number of carbonyl (C=O) groups excluding carboxylic acids is 1. The van der Waals surface area contributed by atoms with Crippen molar-refractivity contribution in [3.63, 3.8) is 0 Å². The molecule has 0 aliphatic rings. The Hall–Kier alpha value is -2.39. The van der Waals surface area contributed by atoms with E-state index in [1.54, 1.807) is 0 Å². The molecule has 0 bridgehead atoms. The molecule has 26 heavy (non-hydrogen) atoms. The van der Waals surface area contributed by atoms with E-state index in [4.69, 9.17) is 0 Å². The van der Waals surface area contributed by atoms with Crippen LogP contribution in [0.3, 0.4) is 0 Å². The summed E-state index contributed by atoms with van der Waals surface area (Å²) in [6, 6.07) is 16.2. The lowest BCUT2D eigenvalue weighted by atomic mass is 9.98. The van der Waals surface area contributed by atoms with Crippen LogP contribution in [-0.2, 0) is 11.3 Å². The second-order valence-electron chi connectivity index (χ2n) is 7.30. The minimum Gasteiger partial charge on any atom is -0.315 e. The number of hydrogen-bond donors (Lipinski definition) is 1. The molecule has 0 radical (unpaired) electrons. The van der Waals surface area contributed by atoms with Gasteiger partial charge in [0.2, 0.25) is 5.91 Å². The highest BCUT2D eigenvalue weighted by molar-refractivity contribution is 5.95. The summed E-state index contributed by atoms with van der Waals surface area (Å²) in [6.45, 7) is 10.8. The number of rotatable bonds is 8. The highest BCUT2D eigenvalue weighted by atomic mass is 16.2. The molecule has 2 rings (SSSR count).